The molecular weight excluding hydrogens is 466 g/mol. The van der Waals surface area contributed by atoms with Crippen molar-refractivity contribution in [3.05, 3.63) is 65.1 Å². The van der Waals surface area contributed by atoms with E-state index in [1.807, 2.05) is 37.3 Å². The first-order chi connectivity index (χ1) is 17.1. The predicted octanol–water partition coefficient (Wildman–Crippen LogP) is 3.39. The smallest absolute Gasteiger partial charge is 0.349 e. The summed E-state index contributed by atoms with van der Waals surface area (Å²) in [5, 5.41) is 3.63. The Labute approximate surface area is 206 Å². The molecule has 1 amide bonds. The Morgan fingerprint density at radius 3 is 2.54 bits per heavy atom. The van der Waals surface area contributed by atoms with E-state index in [1.54, 1.807) is 24.3 Å². The number of hydrogen-bond donors (Lipinski definition) is 1. The molecule has 0 spiro atoms. The molecule has 1 aliphatic heterocycles. The minimum absolute atomic E-state index is 0.171. The van der Waals surface area contributed by atoms with Gasteiger partial charge in [0.25, 0.3) is 0 Å². The highest BCUT2D eigenvalue weighted by Crippen LogP contribution is 2.33. The fourth-order valence-corrected chi connectivity index (χ4v) is 5.02. The molecule has 0 radical (unpaired) electrons. The molecule has 3 heterocycles. The van der Waals surface area contributed by atoms with Crippen LogP contribution in [0.3, 0.4) is 0 Å². The molecule has 2 aromatic heterocycles. The molecule has 1 aliphatic rings. The van der Waals surface area contributed by atoms with Crippen LogP contribution in [-0.4, -0.2) is 53.4 Å². The van der Waals surface area contributed by atoms with Crippen molar-refractivity contribution in [1.29, 1.82) is 0 Å². The Hall–Kier alpha value is -3.76. The highest BCUT2D eigenvalue weighted by atomic mass is 32.1. The van der Waals surface area contributed by atoms with Crippen LogP contribution in [0.2, 0.25) is 0 Å². The zero-order chi connectivity index (χ0) is 24.2. The summed E-state index contributed by atoms with van der Waals surface area (Å²) in [5.41, 5.74) is 2.06. The van der Waals surface area contributed by atoms with Crippen molar-refractivity contribution in [3.8, 4) is 17.0 Å². The number of hydrogen-bond acceptors (Lipinski definition) is 8. The molecule has 35 heavy (non-hydrogen) atoms. The van der Waals surface area contributed by atoms with Gasteiger partial charge in [-0.15, -0.1) is 0 Å². The first kappa shape index (κ1) is 23.0. The van der Waals surface area contributed by atoms with Crippen molar-refractivity contribution >= 4 is 38.4 Å². The third kappa shape index (κ3) is 5.03. The van der Waals surface area contributed by atoms with Crippen LogP contribution in [-0.2, 0) is 16.1 Å². The van der Waals surface area contributed by atoms with E-state index >= 15 is 0 Å². The molecule has 10 heteroatoms. The molecule has 9 nitrogen and oxygen atoms in total. The number of thiazole rings is 1. The summed E-state index contributed by atoms with van der Waals surface area (Å²) in [7, 11) is 0. The Balaban J connectivity index is 1.49. The third-order valence-corrected chi connectivity index (χ3v) is 6.72. The van der Waals surface area contributed by atoms with Crippen molar-refractivity contribution in [1.82, 2.24) is 14.5 Å². The van der Waals surface area contributed by atoms with E-state index in [0.717, 1.165) is 29.5 Å². The predicted molar refractivity (Wildman–Crippen MR) is 136 cm³/mol. The van der Waals surface area contributed by atoms with E-state index in [1.165, 1.54) is 15.9 Å². The van der Waals surface area contributed by atoms with Gasteiger partial charge < -0.3 is 19.7 Å². The Bertz CT molecular complexity index is 1380. The molecule has 1 fully saturated rings. The summed E-state index contributed by atoms with van der Waals surface area (Å²) in [6.45, 7) is 4.99. The molecule has 2 aromatic carbocycles. The normalized spacial score (nSPS) is 13.7. The molecule has 0 bridgehead atoms. The number of anilines is 2. The van der Waals surface area contributed by atoms with Crippen LogP contribution in [0.25, 0.3) is 21.6 Å². The quantitative estimate of drug-likeness (QED) is 0.423. The van der Waals surface area contributed by atoms with Crippen LogP contribution >= 0.6 is 11.3 Å². The van der Waals surface area contributed by atoms with Crippen molar-refractivity contribution in [3.63, 3.8) is 0 Å². The van der Waals surface area contributed by atoms with E-state index in [-0.39, 0.29) is 12.5 Å². The van der Waals surface area contributed by atoms with Crippen molar-refractivity contribution < 1.29 is 14.3 Å². The number of fused-ring (bicyclic) bond motifs is 1. The number of nitrogens with zero attached hydrogens (tertiary/aromatic N) is 4. The fourth-order valence-electron chi connectivity index (χ4n) is 3.91. The minimum Gasteiger partial charge on any atom is -0.494 e. The van der Waals surface area contributed by atoms with Gasteiger partial charge in [0.15, 0.2) is 5.13 Å². The second-order valence-corrected chi connectivity index (χ2v) is 8.91. The lowest BCUT2D eigenvalue weighted by Crippen LogP contribution is -2.36. The first-order valence-electron chi connectivity index (χ1n) is 11.4. The second-order valence-electron chi connectivity index (χ2n) is 7.95. The number of nitrogens with one attached hydrogen (secondary N) is 1. The monoisotopic (exact) mass is 491 g/mol. The molecular formula is C25H25N5O4S. The van der Waals surface area contributed by atoms with Crippen molar-refractivity contribution in [2.45, 2.75) is 13.5 Å². The van der Waals surface area contributed by atoms with Gasteiger partial charge in [-0.1, -0.05) is 41.7 Å². The summed E-state index contributed by atoms with van der Waals surface area (Å²) in [6.07, 6.45) is 0. The van der Waals surface area contributed by atoms with Crippen LogP contribution in [0.5, 0.6) is 5.75 Å². The molecule has 1 saturated heterocycles. The summed E-state index contributed by atoms with van der Waals surface area (Å²) in [4.78, 5) is 37.9. The van der Waals surface area contributed by atoms with Gasteiger partial charge in [-0.25, -0.2) is 9.78 Å². The van der Waals surface area contributed by atoms with E-state index in [0.29, 0.717) is 41.5 Å². The molecule has 4 aromatic rings. The van der Waals surface area contributed by atoms with Gasteiger partial charge in [0.05, 0.1) is 19.8 Å². The lowest BCUT2D eigenvalue weighted by atomic mass is 10.1. The number of carbonyl (C=O) groups is 1. The van der Waals surface area contributed by atoms with Crippen molar-refractivity contribution in [2.75, 3.05) is 43.1 Å². The summed E-state index contributed by atoms with van der Waals surface area (Å²) in [5.74, 6) is 0.401. The van der Waals surface area contributed by atoms with Crippen LogP contribution < -0.4 is 20.6 Å². The number of ether oxygens (including phenoxy) is 2. The van der Waals surface area contributed by atoms with Crippen LogP contribution in [0.4, 0.5) is 10.8 Å². The number of benzene rings is 2. The molecule has 0 aliphatic carbocycles. The number of amides is 1. The van der Waals surface area contributed by atoms with Gasteiger partial charge >= 0.3 is 5.69 Å². The third-order valence-electron chi connectivity index (χ3n) is 5.59. The highest BCUT2D eigenvalue weighted by molar-refractivity contribution is 7.22. The Morgan fingerprint density at radius 2 is 1.83 bits per heavy atom. The first-order valence-corrected chi connectivity index (χ1v) is 12.3. The summed E-state index contributed by atoms with van der Waals surface area (Å²) < 4.78 is 12.3. The lowest BCUT2D eigenvalue weighted by molar-refractivity contribution is -0.116. The minimum atomic E-state index is -0.490. The maximum atomic E-state index is 13.1. The topological polar surface area (TPSA) is 98.6 Å². The van der Waals surface area contributed by atoms with E-state index in [4.69, 9.17) is 14.5 Å². The average molecular weight is 492 g/mol. The summed E-state index contributed by atoms with van der Waals surface area (Å²) >= 11 is 1.39. The van der Waals surface area contributed by atoms with Crippen LogP contribution in [0, 0.1) is 0 Å². The highest BCUT2D eigenvalue weighted by Gasteiger charge is 2.22. The number of aromatic nitrogens is 3. The van der Waals surface area contributed by atoms with Gasteiger partial charge in [-0.2, -0.15) is 4.98 Å². The van der Waals surface area contributed by atoms with Gasteiger partial charge in [-0.3, -0.25) is 9.36 Å². The molecule has 1 N–H and O–H groups in total. The number of morpholine rings is 1. The van der Waals surface area contributed by atoms with Crippen LogP contribution in [0.1, 0.15) is 6.92 Å². The average Bonchev–Trinajstić information content (AvgIpc) is 3.33. The second kappa shape index (κ2) is 10.2. The van der Waals surface area contributed by atoms with Gasteiger partial charge in [0.1, 0.15) is 28.3 Å². The largest absolute Gasteiger partial charge is 0.494 e. The van der Waals surface area contributed by atoms with Gasteiger partial charge in [0.2, 0.25) is 5.91 Å². The molecule has 0 unspecified atom stereocenters. The standard InChI is InChI=1S/C25H25N5O4S/c1-2-34-19-10-8-18(9-11-19)26-20(31)16-30-23-22(28-25(35-23)29-12-14-33-15-13-29)21(27-24(30)32)17-6-4-3-5-7-17/h3-11H,2,12-16H2,1H3,(H,26,31). The number of carbonyl (C=O) groups excluding carboxylic acids is 1. The Morgan fingerprint density at radius 1 is 1.09 bits per heavy atom. The van der Waals surface area contributed by atoms with Gasteiger partial charge in [0, 0.05) is 24.3 Å². The fraction of sp³-hybridized carbons (Fsp3) is 0.280. The zero-order valence-electron chi connectivity index (χ0n) is 19.3. The maximum Gasteiger partial charge on any atom is 0.349 e. The maximum absolute atomic E-state index is 13.1. The zero-order valence-corrected chi connectivity index (χ0v) is 20.1. The molecule has 180 valence electrons. The van der Waals surface area contributed by atoms with E-state index < -0.39 is 5.69 Å². The summed E-state index contributed by atoms with van der Waals surface area (Å²) in [6, 6.07) is 16.6. The Kier molecular flexibility index (Phi) is 6.73. The lowest BCUT2D eigenvalue weighted by Gasteiger charge is -2.25. The molecule has 0 atom stereocenters. The van der Waals surface area contributed by atoms with E-state index in [9.17, 15) is 9.59 Å². The SMILES string of the molecule is CCOc1ccc(NC(=O)Cn2c(=O)nc(-c3ccccc3)c3nc(N4CCOCC4)sc32)cc1. The van der Waals surface area contributed by atoms with Crippen LogP contribution in [0.15, 0.2) is 59.4 Å². The molecule has 0 saturated carbocycles. The molecule has 5 rings (SSSR count). The van der Waals surface area contributed by atoms with Gasteiger partial charge in [-0.05, 0) is 31.2 Å². The number of rotatable bonds is 7. The van der Waals surface area contributed by atoms with Crippen molar-refractivity contribution in [2.24, 2.45) is 0 Å². The van der Waals surface area contributed by atoms with E-state index in [2.05, 4.69) is 15.2 Å².